The number of rotatable bonds is 12. The third-order valence-corrected chi connectivity index (χ3v) is 7.16. The van der Waals surface area contributed by atoms with Gasteiger partial charge in [-0.1, -0.05) is 68.0 Å². The van der Waals surface area contributed by atoms with Crippen molar-refractivity contribution >= 4 is 40.0 Å². The monoisotopic (exact) mass is 542 g/mol. The van der Waals surface area contributed by atoms with Gasteiger partial charge in [-0.05, 0) is 29.7 Å². The summed E-state index contributed by atoms with van der Waals surface area (Å²) in [5, 5.41) is 12.3. The molecule has 0 radical (unpaired) electrons. The Morgan fingerprint density at radius 3 is 2.39 bits per heavy atom. The van der Waals surface area contributed by atoms with E-state index in [4.69, 9.17) is 0 Å². The van der Waals surface area contributed by atoms with Crippen LogP contribution in [0.4, 0.5) is 0 Å². The number of benzene rings is 2. The van der Waals surface area contributed by atoms with Crippen molar-refractivity contribution < 1.29 is 32.7 Å². The average Bonchev–Trinajstić information content (AvgIpc) is 3.14. The van der Waals surface area contributed by atoms with Crippen molar-refractivity contribution in [3.8, 4) is 0 Å². The maximum absolute atomic E-state index is 13.5. The van der Waals surface area contributed by atoms with Crippen LogP contribution >= 0.6 is 0 Å². The lowest BCUT2D eigenvalue weighted by Crippen LogP contribution is -2.50. The number of nitrogens with zero attached hydrogens (tertiary/aromatic N) is 2. The summed E-state index contributed by atoms with van der Waals surface area (Å²) in [6.45, 7) is 1.24. The first-order valence-electron chi connectivity index (χ1n) is 12.0. The lowest BCUT2D eigenvalue weighted by Gasteiger charge is -2.28. The fraction of sp³-hybridized carbons (Fsp3) is 0.308. The van der Waals surface area contributed by atoms with Crippen molar-refractivity contribution in [3.63, 3.8) is 0 Å². The van der Waals surface area contributed by atoms with E-state index in [0.717, 1.165) is 27.6 Å². The first-order chi connectivity index (χ1) is 18.1. The summed E-state index contributed by atoms with van der Waals surface area (Å²) in [7, 11) is -3.91. The Morgan fingerprint density at radius 1 is 1.13 bits per heavy atom. The Morgan fingerprint density at radius 2 is 1.82 bits per heavy atom. The van der Waals surface area contributed by atoms with E-state index in [1.807, 2.05) is 42.0 Å². The molecule has 1 heterocycles. The van der Waals surface area contributed by atoms with Crippen LogP contribution in [0, 0.1) is 0 Å². The minimum absolute atomic E-state index is 0.0866. The van der Waals surface area contributed by atoms with Crippen LogP contribution in [0.25, 0.3) is 6.08 Å². The van der Waals surface area contributed by atoms with Crippen molar-refractivity contribution in [1.29, 1.82) is 0 Å². The Bertz CT molecular complexity index is 1290. The molecular weight excluding hydrogens is 512 g/mol. The van der Waals surface area contributed by atoms with Crippen molar-refractivity contribution in [1.82, 2.24) is 19.2 Å². The standard InChI is InChI=1S/C26H30N4O7S/c1-2-3-15-27-25(34)22(14-11-19-7-5-4-6-8-19)30(18-24(32)33)26(35)21-12-9-20(10-13-21)16-29-17-23(31)28-38(29,36)37/h4-14,22H,2-3,15-18H2,1H3,(H,27,34)(H,28,31)(H,32,33)/b14-11+. The molecule has 1 saturated heterocycles. The summed E-state index contributed by atoms with van der Waals surface area (Å²) in [6.07, 6.45) is 4.72. The van der Waals surface area contributed by atoms with Crippen molar-refractivity contribution in [2.24, 2.45) is 0 Å². The highest BCUT2D eigenvalue weighted by molar-refractivity contribution is 7.88. The van der Waals surface area contributed by atoms with Crippen LogP contribution in [0.5, 0.6) is 0 Å². The number of aliphatic carboxylic acids is 1. The van der Waals surface area contributed by atoms with Crippen LogP contribution < -0.4 is 10.0 Å². The fourth-order valence-corrected chi connectivity index (χ4v) is 4.87. The Balaban J connectivity index is 1.86. The molecule has 0 aromatic heterocycles. The molecule has 0 spiro atoms. The zero-order valence-corrected chi connectivity index (χ0v) is 21.7. The number of nitrogens with one attached hydrogen (secondary N) is 2. The molecular formula is C26H30N4O7S. The molecule has 12 heteroatoms. The van der Waals surface area contributed by atoms with Gasteiger partial charge in [0.15, 0.2) is 0 Å². The lowest BCUT2D eigenvalue weighted by molar-refractivity contribution is -0.138. The van der Waals surface area contributed by atoms with E-state index >= 15 is 0 Å². The van der Waals surface area contributed by atoms with E-state index in [-0.39, 0.29) is 18.7 Å². The van der Waals surface area contributed by atoms with Crippen LogP contribution in [-0.2, 0) is 31.1 Å². The van der Waals surface area contributed by atoms with E-state index in [9.17, 15) is 32.7 Å². The van der Waals surface area contributed by atoms with Gasteiger partial charge in [0.25, 0.3) is 5.91 Å². The lowest BCUT2D eigenvalue weighted by atomic mass is 10.1. The molecule has 1 unspecified atom stereocenters. The topological polar surface area (TPSA) is 153 Å². The molecule has 1 aliphatic heterocycles. The van der Waals surface area contributed by atoms with Crippen molar-refractivity contribution in [2.45, 2.75) is 32.4 Å². The molecule has 1 fully saturated rings. The summed E-state index contributed by atoms with van der Waals surface area (Å²) in [5.41, 5.74) is 1.41. The number of hydrogen-bond donors (Lipinski definition) is 3. The van der Waals surface area contributed by atoms with Gasteiger partial charge in [-0.3, -0.25) is 19.2 Å². The normalized spacial score (nSPS) is 15.7. The molecule has 38 heavy (non-hydrogen) atoms. The molecule has 1 atom stereocenters. The molecule has 3 rings (SSSR count). The van der Waals surface area contributed by atoms with Crippen molar-refractivity contribution in [2.75, 3.05) is 19.6 Å². The minimum Gasteiger partial charge on any atom is -0.480 e. The maximum Gasteiger partial charge on any atom is 0.323 e. The molecule has 3 N–H and O–H groups in total. The maximum atomic E-state index is 13.5. The van der Waals surface area contributed by atoms with Gasteiger partial charge in [0, 0.05) is 18.7 Å². The SMILES string of the molecule is CCCCNC(=O)C(/C=C/c1ccccc1)N(CC(=O)O)C(=O)c1ccc(CN2CC(=O)NS2(=O)=O)cc1. The number of amides is 3. The molecule has 0 aliphatic carbocycles. The van der Waals surface area contributed by atoms with Crippen LogP contribution in [-0.4, -0.2) is 72.1 Å². The predicted octanol–water partition coefficient (Wildman–Crippen LogP) is 1.39. The largest absolute Gasteiger partial charge is 0.480 e. The van der Waals surface area contributed by atoms with Crippen LogP contribution in [0.15, 0.2) is 60.7 Å². The smallest absolute Gasteiger partial charge is 0.323 e. The zero-order valence-electron chi connectivity index (χ0n) is 20.9. The Hall–Kier alpha value is -4.03. The third kappa shape index (κ3) is 7.73. The van der Waals surface area contributed by atoms with E-state index in [0.29, 0.717) is 12.1 Å². The van der Waals surface area contributed by atoms with E-state index in [1.165, 1.54) is 30.3 Å². The number of hydrogen-bond acceptors (Lipinski definition) is 6. The summed E-state index contributed by atoms with van der Waals surface area (Å²) in [5.74, 6) is -3.11. The van der Waals surface area contributed by atoms with Crippen molar-refractivity contribution in [3.05, 3.63) is 77.4 Å². The highest BCUT2D eigenvalue weighted by Gasteiger charge is 2.34. The Kier molecular flexibility index (Phi) is 9.74. The molecule has 202 valence electrons. The van der Waals surface area contributed by atoms with Gasteiger partial charge >= 0.3 is 16.2 Å². The second-order valence-electron chi connectivity index (χ2n) is 8.68. The van der Waals surface area contributed by atoms with Crippen LogP contribution in [0.1, 0.15) is 41.3 Å². The van der Waals surface area contributed by atoms with Gasteiger partial charge in [0.05, 0.1) is 6.54 Å². The van der Waals surface area contributed by atoms with E-state index < -0.39 is 46.5 Å². The van der Waals surface area contributed by atoms with E-state index in [2.05, 4.69) is 5.32 Å². The number of carbonyl (C=O) groups is 4. The number of carbonyl (C=O) groups excluding carboxylic acids is 3. The highest BCUT2D eigenvalue weighted by Crippen LogP contribution is 2.16. The third-order valence-electron chi connectivity index (χ3n) is 5.73. The van der Waals surface area contributed by atoms with Gasteiger partial charge in [-0.2, -0.15) is 12.7 Å². The minimum atomic E-state index is -3.91. The highest BCUT2D eigenvalue weighted by atomic mass is 32.2. The molecule has 0 bridgehead atoms. The second kappa shape index (κ2) is 13.0. The first kappa shape index (κ1) is 28.5. The molecule has 1 aliphatic rings. The molecule has 0 saturated carbocycles. The first-order valence-corrected chi connectivity index (χ1v) is 13.5. The van der Waals surface area contributed by atoms with Gasteiger partial charge in [-0.15, -0.1) is 0 Å². The fourth-order valence-electron chi connectivity index (χ4n) is 3.78. The number of carboxylic acids is 1. The van der Waals surface area contributed by atoms with Crippen LogP contribution in [0.3, 0.4) is 0 Å². The molecule has 2 aromatic carbocycles. The average molecular weight is 543 g/mol. The number of carboxylic acid groups (broad SMARTS) is 1. The quantitative estimate of drug-likeness (QED) is 0.343. The number of unbranched alkanes of at least 4 members (excludes halogenated alkanes) is 1. The summed E-state index contributed by atoms with van der Waals surface area (Å²) < 4.78 is 26.8. The van der Waals surface area contributed by atoms with Gasteiger partial charge in [-0.25, -0.2) is 4.72 Å². The molecule has 3 amide bonds. The summed E-state index contributed by atoms with van der Waals surface area (Å²) >= 11 is 0. The Labute approximate surface area is 221 Å². The van der Waals surface area contributed by atoms with Gasteiger partial charge in [0.1, 0.15) is 12.6 Å². The molecule has 11 nitrogen and oxygen atoms in total. The molecule has 2 aromatic rings. The van der Waals surface area contributed by atoms with Crippen LogP contribution in [0.2, 0.25) is 0 Å². The zero-order chi connectivity index (χ0) is 27.7. The second-order valence-corrected chi connectivity index (χ2v) is 10.4. The van der Waals surface area contributed by atoms with Gasteiger partial charge < -0.3 is 15.3 Å². The summed E-state index contributed by atoms with van der Waals surface area (Å²) in [4.78, 5) is 50.7. The van der Waals surface area contributed by atoms with Gasteiger partial charge in [0.2, 0.25) is 11.8 Å². The summed E-state index contributed by atoms with van der Waals surface area (Å²) in [6, 6.07) is 13.8. The predicted molar refractivity (Wildman–Crippen MR) is 140 cm³/mol. The van der Waals surface area contributed by atoms with E-state index in [1.54, 1.807) is 6.08 Å².